The molecule has 0 saturated carbocycles. The lowest BCUT2D eigenvalue weighted by Gasteiger charge is -2.26. The molecule has 0 atom stereocenters. The van der Waals surface area contributed by atoms with Crippen LogP contribution in [0.3, 0.4) is 0 Å². The third-order valence-corrected chi connectivity index (χ3v) is 19.2. The number of halogens is 1. The summed E-state index contributed by atoms with van der Waals surface area (Å²) in [5.41, 5.74) is 14.1. The van der Waals surface area contributed by atoms with E-state index in [1.54, 1.807) is 0 Å². The van der Waals surface area contributed by atoms with Crippen LogP contribution in [-0.4, -0.2) is 0 Å². The fourth-order valence-electron chi connectivity index (χ4n) is 12.1. The number of rotatable bonds is 7. The van der Waals surface area contributed by atoms with Gasteiger partial charge in [-0.15, -0.1) is 22.7 Å². The lowest BCUT2D eigenvalue weighted by Crippen LogP contribution is -2.09. The molecular weight excluding hydrogens is 1190 g/mol. The zero-order valence-electron chi connectivity index (χ0n) is 46.8. The Labute approximate surface area is 532 Å². The zero-order valence-corrected chi connectivity index (χ0v) is 50.0. The minimum Gasteiger partial charge on any atom is -0.456 e. The minimum atomic E-state index is 0. The fourth-order valence-corrected chi connectivity index (χ4v) is 14.6. The molecule has 0 unspecified atom stereocenters. The van der Waals surface area contributed by atoms with E-state index in [9.17, 15) is 0 Å². The number of furan rings is 2. The van der Waals surface area contributed by atoms with Gasteiger partial charge in [-0.3, -0.25) is 0 Å². The van der Waals surface area contributed by atoms with Crippen LogP contribution in [0.4, 0.5) is 28.4 Å². The molecule has 7 heteroatoms. The van der Waals surface area contributed by atoms with Gasteiger partial charge in [-0.1, -0.05) is 201 Å². The second kappa shape index (κ2) is 24.1. The van der Waals surface area contributed by atoms with E-state index in [4.69, 9.17) is 8.83 Å². The maximum absolute atomic E-state index is 6.35. The van der Waals surface area contributed by atoms with Crippen molar-refractivity contribution >= 4 is 173 Å². The number of nitrogens with one attached hydrogen (secondary N) is 1. The van der Waals surface area contributed by atoms with Gasteiger partial charge in [-0.25, -0.2) is 0 Å². The van der Waals surface area contributed by atoms with Gasteiger partial charge in [0.05, 0.1) is 0 Å². The number of hydrogen-bond donors (Lipinski definition) is 1. The summed E-state index contributed by atoms with van der Waals surface area (Å²) in [4.78, 5) is 2.36. The van der Waals surface area contributed by atoms with Crippen molar-refractivity contribution in [2.45, 2.75) is 14.9 Å². The molecule has 428 valence electrons. The number of thiophene rings is 2. The SMILES string of the molecule is Brc1ccc2oc3cc4ccccc4cc3c2c1.C.C.c1ccc(-c2ccc(N(c3ccc4oc5cc6ccccc6cc5c4c3)c3ccc4sc5ccccc5c4c3)cc2)cc1.c1ccc(-c2ccc(Nc3ccc4sc5ccccc5c4c3)cc2)cc1. The number of anilines is 5. The molecular formula is C82H59BrN2O2S2. The van der Waals surface area contributed by atoms with Gasteiger partial charge in [0.2, 0.25) is 0 Å². The van der Waals surface area contributed by atoms with Crippen LogP contribution >= 0.6 is 38.6 Å². The van der Waals surface area contributed by atoms with Crippen molar-refractivity contribution in [3.63, 3.8) is 0 Å². The van der Waals surface area contributed by atoms with E-state index in [0.29, 0.717) is 0 Å². The van der Waals surface area contributed by atoms with Crippen LogP contribution in [0.5, 0.6) is 0 Å². The van der Waals surface area contributed by atoms with E-state index in [-0.39, 0.29) is 14.9 Å². The van der Waals surface area contributed by atoms with Crippen LogP contribution in [-0.2, 0) is 0 Å². The molecule has 1 N–H and O–H groups in total. The van der Waals surface area contributed by atoms with E-state index in [0.717, 1.165) is 71.4 Å². The number of hydrogen-bond acceptors (Lipinski definition) is 6. The van der Waals surface area contributed by atoms with Crippen molar-refractivity contribution in [1.82, 2.24) is 0 Å². The Bertz CT molecular complexity index is 5570. The second-order valence-electron chi connectivity index (χ2n) is 21.8. The Morgan fingerprint density at radius 1 is 0.270 bits per heavy atom. The molecule has 0 bridgehead atoms. The Hall–Kier alpha value is -10.3. The first-order valence-electron chi connectivity index (χ1n) is 29.0. The number of benzene rings is 14. The van der Waals surface area contributed by atoms with E-state index in [2.05, 4.69) is 305 Å². The monoisotopic (exact) mass is 1250 g/mol. The van der Waals surface area contributed by atoms with E-state index < -0.39 is 0 Å². The summed E-state index contributed by atoms with van der Waals surface area (Å²) in [6, 6.07) is 107. The van der Waals surface area contributed by atoms with Crippen molar-refractivity contribution in [1.29, 1.82) is 0 Å². The average Bonchev–Trinajstić information content (AvgIpc) is 1.77. The van der Waals surface area contributed by atoms with Crippen molar-refractivity contribution in [3.8, 4) is 22.3 Å². The van der Waals surface area contributed by atoms with E-state index in [1.165, 1.54) is 89.5 Å². The van der Waals surface area contributed by atoms with Gasteiger partial charge in [-0.05, 0) is 177 Å². The molecule has 89 heavy (non-hydrogen) atoms. The lowest BCUT2D eigenvalue weighted by atomic mass is 10.0. The molecule has 0 fully saturated rings. The molecule has 0 aliphatic rings. The fraction of sp³-hybridized carbons (Fsp3) is 0.0244. The quantitative estimate of drug-likeness (QED) is 0.173. The van der Waals surface area contributed by atoms with Crippen LogP contribution in [0.25, 0.3) is 128 Å². The summed E-state index contributed by atoms with van der Waals surface area (Å²) in [7, 11) is 0. The van der Waals surface area contributed by atoms with Crippen molar-refractivity contribution in [3.05, 3.63) is 308 Å². The number of fused-ring (bicyclic) bond motifs is 14. The van der Waals surface area contributed by atoms with Crippen molar-refractivity contribution in [2.24, 2.45) is 0 Å². The highest BCUT2D eigenvalue weighted by Gasteiger charge is 2.19. The van der Waals surface area contributed by atoms with Crippen LogP contribution in [0, 0.1) is 0 Å². The number of nitrogens with zero attached hydrogens (tertiary/aromatic N) is 1. The highest BCUT2D eigenvalue weighted by Crippen LogP contribution is 2.44. The Kier molecular flexibility index (Phi) is 15.3. The third-order valence-electron chi connectivity index (χ3n) is 16.4. The van der Waals surface area contributed by atoms with Crippen LogP contribution in [0.2, 0.25) is 0 Å². The molecule has 0 aliphatic carbocycles. The minimum absolute atomic E-state index is 0. The summed E-state index contributed by atoms with van der Waals surface area (Å²) in [5.74, 6) is 0. The maximum atomic E-state index is 6.35. The Balaban J connectivity index is 0.000000128. The first-order chi connectivity index (χ1) is 43.0. The lowest BCUT2D eigenvalue weighted by molar-refractivity contribution is 0.669. The summed E-state index contributed by atoms with van der Waals surface area (Å²) in [6.07, 6.45) is 0. The van der Waals surface area contributed by atoms with Crippen LogP contribution < -0.4 is 10.2 Å². The standard InChI is InChI=1S/C40H25NOS.C24H17NS.C16H9BrO.2CH4/c1-2-8-26(9-3-1)27-14-16-30(17-15-27)41(32-19-21-40-36(25-32)33-12-6-7-13-39(33)43-40)31-18-20-37-35(24-31)34-22-28-10-4-5-11-29(28)23-38(34)42-37;1-2-6-17(7-3-1)18-10-12-19(13-11-18)25-20-14-15-24-22(16-20)21-8-4-5-9-23(21)26-24;17-12-5-6-15-14(9-12)13-7-10-3-1-2-4-11(10)8-16(13)18-15;;/h1-25H;1-16,25H;1-9H;2*1H4. The zero-order chi connectivity index (χ0) is 57.8. The Morgan fingerprint density at radius 3 is 1.21 bits per heavy atom. The molecule has 0 amide bonds. The van der Waals surface area contributed by atoms with Gasteiger partial charge in [-0.2, -0.15) is 0 Å². The van der Waals surface area contributed by atoms with Gasteiger partial charge in [0, 0.05) is 94.8 Å². The molecule has 0 radical (unpaired) electrons. The van der Waals surface area contributed by atoms with Gasteiger partial charge >= 0.3 is 0 Å². The first kappa shape index (κ1) is 56.5. The Morgan fingerprint density at radius 2 is 0.652 bits per heavy atom. The second-order valence-corrected chi connectivity index (χ2v) is 24.9. The highest BCUT2D eigenvalue weighted by atomic mass is 79.9. The average molecular weight is 1250 g/mol. The van der Waals surface area contributed by atoms with Gasteiger partial charge in [0.25, 0.3) is 0 Å². The third kappa shape index (κ3) is 11.0. The molecule has 4 aromatic heterocycles. The van der Waals surface area contributed by atoms with Gasteiger partial charge in [0.15, 0.2) is 0 Å². The molecule has 14 aromatic carbocycles. The van der Waals surface area contributed by atoms with Crippen molar-refractivity contribution in [2.75, 3.05) is 10.2 Å². The summed E-state index contributed by atoms with van der Waals surface area (Å²) in [5, 5.41) is 18.2. The molecule has 4 heterocycles. The summed E-state index contributed by atoms with van der Waals surface area (Å²) < 4.78 is 18.6. The highest BCUT2D eigenvalue weighted by molar-refractivity contribution is 9.10. The molecule has 4 nitrogen and oxygen atoms in total. The predicted octanol–water partition coefficient (Wildman–Crippen LogP) is 26.5. The maximum Gasteiger partial charge on any atom is 0.136 e. The molecule has 0 aliphatic heterocycles. The smallest absolute Gasteiger partial charge is 0.136 e. The van der Waals surface area contributed by atoms with Gasteiger partial charge in [0.1, 0.15) is 22.3 Å². The molecule has 18 rings (SSSR count). The molecule has 18 aromatic rings. The first-order valence-corrected chi connectivity index (χ1v) is 31.5. The van der Waals surface area contributed by atoms with Gasteiger partial charge < -0.3 is 19.1 Å². The van der Waals surface area contributed by atoms with E-state index in [1.807, 2.05) is 46.9 Å². The molecule has 0 spiro atoms. The van der Waals surface area contributed by atoms with Crippen LogP contribution in [0.15, 0.2) is 317 Å². The van der Waals surface area contributed by atoms with E-state index >= 15 is 0 Å². The molecule has 0 saturated heterocycles. The summed E-state index contributed by atoms with van der Waals surface area (Å²) in [6.45, 7) is 0. The largest absolute Gasteiger partial charge is 0.456 e. The topological polar surface area (TPSA) is 41.6 Å². The summed E-state index contributed by atoms with van der Waals surface area (Å²) >= 11 is 7.21. The normalized spacial score (nSPS) is 11.2. The van der Waals surface area contributed by atoms with Crippen molar-refractivity contribution < 1.29 is 8.83 Å². The van der Waals surface area contributed by atoms with Crippen LogP contribution in [0.1, 0.15) is 14.9 Å². The predicted molar refractivity (Wildman–Crippen MR) is 391 cm³/mol.